The molecule has 0 radical (unpaired) electrons. The van der Waals surface area contributed by atoms with Crippen molar-refractivity contribution in [2.75, 3.05) is 20.1 Å². The van der Waals surface area contributed by atoms with Crippen molar-refractivity contribution in [2.45, 2.75) is 31.4 Å². The lowest BCUT2D eigenvalue weighted by Gasteiger charge is -2.42. The molecule has 2 N–H and O–H groups in total. The summed E-state index contributed by atoms with van der Waals surface area (Å²) < 4.78 is 14.5. The lowest BCUT2D eigenvalue weighted by molar-refractivity contribution is -0.0482. The Balaban J connectivity index is 2.20. The second-order valence-corrected chi connectivity index (χ2v) is 6.49. The van der Waals surface area contributed by atoms with Gasteiger partial charge in [-0.05, 0) is 51.1 Å². The number of carbonyl (C=O) groups excluding carboxylic acids is 1. The highest BCUT2D eigenvalue weighted by Crippen LogP contribution is 2.27. The largest absolute Gasteiger partial charge is 0.388 e. The number of likely N-dealkylation sites (N-methyl/N-ethyl adjacent to an activating group) is 1. The van der Waals surface area contributed by atoms with Crippen LogP contribution in [-0.2, 0) is 0 Å². The minimum atomic E-state index is -0.932. The Bertz CT molecular complexity index is 532. The van der Waals surface area contributed by atoms with Crippen LogP contribution in [0.5, 0.6) is 0 Å². The Morgan fingerprint density at radius 3 is 2.71 bits per heavy atom. The number of piperidine rings is 1. The summed E-state index contributed by atoms with van der Waals surface area (Å²) in [5, 5.41) is 13.9. The molecule has 0 spiro atoms. The zero-order chi connectivity index (χ0) is 15.6. The third-order valence-electron chi connectivity index (χ3n) is 4.31. The van der Waals surface area contributed by atoms with Crippen LogP contribution in [0.25, 0.3) is 0 Å². The molecule has 1 amide bonds. The minimum Gasteiger partial charge on any atom is -0.388 e. The molecular formula is C15H20BrFN2O2. The van der Waals surface area contributed by atoms with Crippen molar-refractivity contribution in [1.82, 2.24) is 10.2 Å². The van der Waals surface area contributed by atoms with Crippen molar-refractivity contribution in [3.05, 3.63) is 34.1 Å². The lowest BCUT2D eigenvalue weighted by atomic mass is 9.85. The summed E-state index contributed by atoms with van der Waals surface area (Å²) in [6.07, 6.45) is 1.15. The highest BCUT2D eigenvalue weighted by atomic mass is 79.9. The van der Waals surface area contributed by atoms with Crippen LogP contribution in [0.1, 0.15) is 30.1 Å². The molecule has 0 aliphatic carbocycles. The molecule has 4 nitrogen and oxygen atoms in total. The van der Waals surface area contributed by atoms with Crippen LogP contribution in [0.3, 0.4) is 0 Å². The van der Waals surface area contributed by atoms with E-state index in [0.717, 1.165) is 0 Å². The van der Waals surface area contributed by atoms with Gasteiger partial charge in [-0.2, -0.15) is 0 Å². The van der Waals surface area contributed by atoms with Crippen molar-refractivity contribution in [1.29, 1.82) is 0 Å². The Morgan fingerprint density at radius 2 is 2.10 bits per heavy atom. The number of hydrogen-bond acceptors (Lipinski definition) is 3. The fraction of sp³-hybridized carbons (Fsp3) is 0.533. The van der Waals surface area contributed by atoms with Gasteiger partial charge in [0.05, 0.1) is 17.2 Å². The van der Waals surface area contributed by atoms with Gasteiger partial charge >= 0.3 is 0 Å². The van der Waals surface area contributed by atoms with Crippen LogP contribution >= 0.6 is 15.9 Å². The van der Waals surface area contributed by atoms with Crippen molar-refractivity contribution in [3.8, 4) is 0 Å². The first-order chi connectivity index (χ1) is 9.85. The molecule has 1 aliphatic rings. The molecule has 1 aromatic rings. The van der Waals surface area contributed by atoms with Crippen molar-refractivity contribution >= 4 is 21.8 Å². The average molecular weight is 359 g/mol. The first kappa shape index (κ1) is 16.4. The summed E-state index contributed by atoms with van der Waals surface area (Å²) in [7, 11) is 1.60. The molecule has 1 heterocycles. The van der Waals surface area contributed by atoms with E-state index in [1.54, 1.807) is 20.0 Å². The third-order valence-corrected chi connectivity index (χ3v) is 4.80. The molecular weight excluding hydrogens is 339 g/mol. The van der Waals surface area contributed by atoms with E-state index in [2.05, 4.69) is 21.2 Å². The summed E-state index contributed by atoms with van der Waals surface area (Å²) in [5.74, 6) is -0.979. The van der Waals surface area contributed by atoms with Gasteiger partial charge in [0.15, 0.2) is 0 Å². The van der Waals surface area contributed by atoms with Gasteiger partial charge in [-0.15, -0.1) is 0 Å². The smallest absolute Gasteiger partial charge is 0.256 e. The van der Waals surface area contributed by atoms with Crippen molar-refractivity contribution in [3.63, 3.8) is 0 Å². The molecule has 116 valence electrons. The standard InChI is InChI=1S/C15H20BrFN2O2/c1-10(15(21)5-7-18-8-6-15)19(2)14(20)12-9-11(16)3-4-13(12)17/h3-4,9-10,18,21H,5-8H2,1-2H3. The molecule has 1 saturated heterocycles. The maximum Gasteiger partial charge on any atom is 0.256 e. The van der Waals surface area contributed by atoms with Crippen LogP contribution in [0.4, 0.5) is 4.39 Å². The van der Waals surface area contributed by atoms with E-state index in [1.807, 2.05) is 0 Å². The highest BCUT2D eigenvalue weighted by Gasteiger charge is 2.39. The van der Waals surface area contributed by atoms with Crippen LogP contribution < -0.4 is 5.32 Å². The number of benzene rings is 1. The van der Waals surface area contributed by atoms with E-state index in [-0.39, 0.29) is 11.6 Å². The summed E-state index contributed by atoms with van der Waals surface area (Å²) in [5.41, 5.74) is -0.922. The SMILES string of the molecule is CC(N(C)C(=O)c1cc(Br)ccc1F)C1(O)CCNCC1. The fourth-order valence-corrected chi connectivity index (χ4v) is 3.03. The van der Waals surface area contributed by atoms with Gasteiger partial charge in [0.1, 0.15) is 5.82 Å². The van der Waals surface area contributed by atoms with Gasteiger partial charge in [0.2, 0.25) is 0 Å². The molecule has 21 heavy (non-hydrogen) atoms. The first-order valence-corrected chi connectivity index (χ1v) is 7.80. The number of carbonyl (C=O) groups is 1. The Labute approximate surface area is 132 Å². The first-order valence-electron chi connectivity index (χ1n) is 7.00. The number of hydrogen-bond donors (Lipinski definition) is 2. The van der Waals surface area contributed by atoms with Gasteiger partial charge in [-0.1, -0.05) is 15.9 Å². The molecule has 2 rings (SSSR count). The number of aliphatic hydroxyl groups is 1. The third kappa shape index (κ3) is 3.44. The van der Waals surface area contributed by atoms with E-state index in [1.165, 1.54) is 17.0 Å². The van der Waals surface area contributed by atoms with Crippen LogP contribution in [0, 0.1) is 5.82 Å². The quantitative estimate of drug-likeness (QED) is 0.870. The van der Waals surface area contributed by atoms with Gasteiger partial charge in [-0.25, -0.2) is 4.39 Å². The van der Waals surface area contributed by atoms with E-state index in [4.69, 9.17) is 0 Å². The summed E-state index contributed by atoms with van der Waals surface area (Å²) in [6, 6.07) is 3.89. The molecule has 0 saturated carbocycles. The fourth-order valence-electron chi connectivity index (χ4n) is 2.67. The van der Waals surface area contributed by atoms with Crippen LogP contribution in [0.15, 0.2) is 22.7 Å². The Morgan fingerprint density at radius 1 is 1.48 bits per heavy atom. The summed E-state index contributed by atoms with van der Waals surface area (Å²) in [6.45, 7) is 3.24. The molecule has 1 aliphatic heterocycles. The van der Waals surface area contributed by atoms with E-state index in [0.29, 0.717) is 30.4 Å². The lowest BCUT2D eigenvalue weighted by Crippen LogP contribution is -2.56. The van der Waals surface area contributed by atoms with Gasteiger partial charge in [0, 0.05) is 11.5 Å². The average Bonchev–Trinajstić information content (AvgIpc) is 2.48. The van der Waals surface area contributed by atoms with Crippen LogP contribution in [0.2, 0.25) is 0 Å². The normalized spacial score (nSPS) is 19.1. The minimum absolute atomic E-state index is 0.0104. The highest BCUT2D eigenvalue weighted by molar-refractivity contribution is 9.10. The van der Waals surface area contributed by atoms with Gasteiger partial charge in [-0.3, -0.25) is 4.79 Å². The Kier molecular flexibility index (Phi) is 5.01. The predicted octanol–water partition coefficient (Wildman–Crippen LogP) is 2.16. The maximum absolute atomic E-state index is 13.8. The number of halogens is 2. The number of nitrogens with zero attached hydrogens (tertiary/aromatic N) is 1. The number of amides is 1. The monoisotopic (exact) mass is 358 g/mol. The molecule has 1 fully saturated rings. The van der Waals surface area contributed by atoms with Crippen molar-refractivity contribution in [2.24, 2.45) is 0 Å². The molecule has 0 bridgehead atoms. The predicted molar refractivity (Wildman–Crippen MR) is 82.7 cm³/mol. The van der Waals surface area contributed by atoms with E-state index < -0.39 is 17.3 Å². The topological polar surface area (TPSA) is 52.6 Å². The zero-order valence-electron chi connectivity index (χ0n) is 12.2. The summed E-state index contributed by atoms with van der Waals surface area (Å²) >= 11 is 3.24. The molecule has 6 heteroatoms. The second-order valence-electron chi connectivity index (χ2n) is 5.57. The molecule has 1 unspecified atom stereocenters. The van der Waals surface area contributed by atoms with Crippen molar-refractivity contribution < 1.29 is 14.3 Å². The van der Waals surface area contributed by atoms with E-state index in [9.17, 15) is 14.3 Å². The van der Waals surface area contributed by atoms with Gasteiger partial charge in [0.25, 0.3) is 5.91 Å². The molecule has 1 atom stereocenters. The van der Waals surface area contributed by atoms with Crippen LogP contribution in [-0.4, -0.2) is 47.7 Å². The maximum atomic E-state index is 13.8. The summed E-state index contributed by atoms with van der Waals surface area (Å²) in [4.78, 5) is 13.9. The second kappa shape index (κ2) is 6.42. The molecule has 1 aromatic carbocycles. The Hall–Kier alpha value is -0.980. The molecule has 0 aromatic heterocycles. The number of nitrogens with one attached hydrogen (secondary N) is 1. The zero-order valence-corrected chi connectivity index (χ0v) is 13.8. The number of rotatable bonds is 3. The van der Waals surface area contributed by atoms with Gasteiger partial charge < -0.3 is 15.3 Å². The van der Waals surface area contributed by atoms with E-state index >= 15 is 0 Å².